The van der Waals surface area contributed by atoms with Crippen molar-refractivity contribution >= 4 is 28.5 Å². The number of carbonyl (C=O) groups excluding carboxylic acids is 2. The number of nitrogens with one attached hydrogen (secondary N) is 2. The van der Waals surface area contributed by atoms with E-state index in [1.54, 1.807) is 0 Å². The number of rotatable bonds is 6. The Hall–Kier alpha value is -2.48. The predicted molar refractivity (Wildman–Crippen MR) is 104 cm³/mol. The number of hydrogen-bond acceptors (Lipinski definition) is 6. The smallest absolute Gasteiger partial charge is 0.321 e. The second-order valence-corrected chi connectivity index (χ2v) is 7.63. The van der Waals surface area contributed by atoms with Crippen molar-refractivity contribution in [2.24, 2.45) is 0 Å². The number of urea groups is 1. The summed E-state index contributed by atoms with van der Waals surface area (Å²) in [4.78, 5) is 24.1. The van der Waals surface area contributed by atoms with Gasteiger partial charge in [0.05, 0.1) is 19.6 Å². The van der Waals surface area contributed by atoms with Crippen LogP contribution in [-0.2, 0) is 9.53 Å². The van der Waals surface area contributed by atoms with Gasteiger partial charge in [0.1, 0.15) is 5.01 Å². The normalized spacial score (nSPS) is 15.7. The SMILES string of the molecule is COC(=O)C[C@@H](NC(=O)Nc1nnc(C2CCCCC2)s1)c1ccccc1. The first-order chi connectivity index (χ1) is 13.2. The van der Waals surface area contributed by atoms with Crippen LogP contribution in [-0.4, -0.2) is 29.3 Å². The Morgan fingerprint density at radius 1 is 1.19 bits per heavy atom. The minimum Gasteiger partial charge on any atom is -0.469 e. The minimum atomic E-state index is -0.482. The molecule has 2 N–H and O–H groups in total. The molecule has 1 aliphatic carbocycles. The Morgan fingerprint density at radius 2 is 1.93 bits per heavy atom. The summed E-state index contributed by atoms with van der Waals surface area (Å²) in [5.74, 6) is 0.0610. The fraction of sp³-hybridized carbons (Fsp3) is 0.474. The lowest BCUT2D eigenvalue weighted by Gasteiger charge is -2.18. The Kier molecular flexibility index (Phi) is 6.75. The molecule has 144 valence electrons. The summed E-state index contributed by atoms with van der Waals surface area (Å²) in [6, 6.07) is 8.43. The summed E-state index contributed by atoms with van der Waals surface area (Å²) >= 11 is 1.42. The summed E-state index contributed by atoms with van der Waals surface area (Å²) < 4.78 is 4.74. The molecule has 0 aliphatic heterocycles. The van der Waals surface area contributed by atoms with E-state index in [-0.39, 0.29) is 12.4 Å². The van der Waals surface area contributed by atoms with Gasteiger partial charge < -0.3 is 10.1 Å². The number of anilines is 1. The Balaban J connectivity index is 1.62. The first-order valence-corrected chi connectivity index (χ1v) is 10.00. The highest BCUT2D eigenvalue weighted by atomic mass is 32.1. The Morgan fingerprint density at radius 3 is 2.63 bits per heavy atom. The zero-order valence-corrected chi connectivity index (χ0v) is 16.1. The molecule has 2 aromatic rings. The molecule has 27 heavy (non-hydrogen) atoms. The van der Waals surface area contributed by atoms with Crippen molar-refractivity contribution in [1.29, 1.82) is 0 Å². The van der Waals surface area contributed by atoms with Crippen molar-refractivity contribution in [2.45, 2.75) is 50.5 Å². The fourth-order valence-electron chi connectivity index (χ4n) is 3.28. The molecular weight excluding hydrogens is 364 g/mol. The molecule has 1 aromatic carbocycles. The second-order valence-electron chi connectivity index (χ2n) is 6.62. The summed E-state index contributed by atoms with van der Waals surface area (Å²) in [6.45, 7) is 0. The van der Waals surface area contributed by atoms with E-state index < -0.39 is 12.1 Å². The zero-order valence-electron chi connectivity index (χ0n) is 15.3. The lowest BCUT2D eigenvalue weighted by Crippen LogP contribution is -2.34. The lowest BCUT2D eigenvalue weighted by atomic mass is 9.90. The minimum absolute atomic E-state index is 0.0530. The number of ether oxygens (including phenoxy) is 1. The van der Waals surface area contributed by atoms with Crippen LogP contribution in [0.2, 0.25) is 0 Å². The lowest BCUT2D eigenvalue weighted by molar-refractivity contribution is -0.141. The van der Waals surface area contributed by atoms with Gasteiger partial charge in [-0.15, -0.1) is 10.2 Å². The number of methoxy groups -OCH3 is 1. The Bertz CT molecular complexity index is 759. The third kappa shape index (κ3) is 5.50. The van der Waals surface area contributed by atoms with E-state index in [2.05, 4.69) is 20.8 Å². The van der Waals surface area contributed by atoms with Gasteiger partial charge in [-0.3, -0.25) is 10.1 Å². The average Bonchev–Trinajstić information content (AvgIpc) is 3.17. The van der Waals surface area contributed by atoms with Crippen LogP contribution in [0.15, 0.2) is 30.3 Å². The molecule has 1 heterocycles. The van der Waals surface area contributed by atoms with Gasteiger partial charge in [0.2, 0.25) is 5.13 Å². The molecule has 3 rings (SSSR count). The van der Waals surface area contributed by atoms with Gasteiger partial charge in [-0.2, -0.15) is 0 Å². The first-order valence-electron chi connectivity index (χ1n) is 9.18. The summed E-state index contributed by atoms with van der Waals surface area (Å²) in [5.41, 5.74) is 0.832. The van der Waals surface area contributed by atoms with Gasteiger partial charge in [-0.05, 0) is 18.4 Å². The fourth-order valence-corrected chi connectivity index (χ4v) is 4.19. The standard InChI is InChI=1S/C19H24N4O3S/c1-26-16(24)12-15(13-8-4-2-5-9-13)20-18(25)21-19-23-22-17(27-19)14-10-6-3-7-11-14/h2,4-5,8-9,14-15H,3,6-7,10-12H2,1H3,(H2,20,21,23,25)/t15-/m1/s1. The largest absolute Gasteiger partial charge is 0.469 e. The maximum absolute atomic E-state index is 12.4. The Labute approximate surface area is 162 Å². The van der Waals surface area contributed by atoms with Crippen LogP contribution in [0.3, 0.4) is 0 Å². The van der Waals surface area contributed by atoms with E-state index >= 15 is 0 Å². The molecule has 7 nitrogen and oxygen atoms in total. The van der Waals surface area contributed by atoms with E-state index in [1.165, 1.54) is 37.7 Å². The van der Waals surface area contributed by atoms with Crippen LogP contribution in [0.25, 0.3) is 0 Å². The molecule has 1 atom stereocenters. The number of esters is 1. The predicted octanol–water partition coefficient (Wildman–Crippen LogP) is 4.01. The number of hydrogen-bond donors (Lipinski definition) is 2. The van der Waals surface area contributed by atoms with Gasteiger partial charge in [-0.25, -0.2) is 4.79 Å². The molecule has 2 amide bonds. The van der Waals surface area contributed by atoms with Crippen molar-refractivity contribution in [3.63, 3.8) is 0 Å². The monoisotopic (exact) mass is 388 g/mol. The van der Waals surface area contributed by atoms with E-state index in [9.17, 15) is 9.59 Å². The summed E-state index contributed by atoms with van der Waals surface area (Å²) in [7, 11) is 1.33. The van der Waals surface area contributed by atoms with Crippen molar-refractivity contribution in [3.05, 3.63) is 40.9 Å². The van der Waals surface area contributed by atoms with Gasteiger partial charge >= 0.3 is 12.0 Å². The topological polar surface area (TPSA) is 93.2 Å². The maximum Gasteiger partial charge on any atom is 0.321 e. The highest BCUT2D eigenvalue weighted by molar-refractivity contribution is 7.15. The van der Waals surface area contributed by atoms with E-state index in [0.29, 0.717) is 11.0 Å². The first kappa shape index (κ1) is 19.3. The van der Waals surface area contributed by atoms with Gasteiger partial charge in [0.15, 0.2) is 0 Å². The summed E-state index contributed by atoms with van der Waals surface area (Å²) in [6.07, 6.45) is 6.05. The molecule has 1 saturated carbocycles. The molecular formula is C19H24N4O3S. The van der Waals surface area contributed by atoms with Crippen LogP contribution in [0.5, 0.6) is 0 Å². The van der Waals surface area contributed by atoms with Crippen LogP contribution < -0.4 is 10.6 Å². The maximum atomic E-state index is 12.4. The van der Waals surface area contributed by atoms with Crippen LogP contribution >= 0.6 is 11.3 Å². The third-order valence-electron chi connectivity index (χ3n) is 4.72. The molecule has 0 radical (unpaired) electrons. The van der Waals surface area contributed by atoms with Crippen molar-refractivity contribution in [2.75, 3.05) is 12.4 Å². The van der Waals surface area contributed by atoms with Gasteiger partial charge in [0.25, 0.3) is 0 Å². The number of carbonyl (C=O) groups is 2. The molecule has 8 heteroatoms. The van der Waals surface area contributed by atoms with Crippen LogP contribution in [0, 0.1) is 0 Å². The molecule has 1 fully saturated rings. The molecule has 1 aromatic heterocycles. The average molecular weight is 388 g/mol. The number of amides is 2. The van der Waals surface area contributed by atoms with E-state index in [4.69, 9.17) is 4.74 Å². The molecule has 1 aliphatic rings. The van der Waals surface area contributed by atoms with E-state index in [1.807, 2.05) is 30.3 Å². The summed E-state index contributed by atoms with van der Waals surface area (Å²) in [5, 5.41) is 15.4. The van der Waals surface area contributed by atoms with Gasteiger partial charge in [0, 0.05) is 5.92 Å². The van der Waals surface area contributed by atoms with Crippen LogP contribution in [0.1, 0.15) is 61.1 Å². The highest BCUT2D eigenvalue weighted by Gasteiger charge is 2.22. The quantitative estimate of drug-likeness (QED) is 0.729. The van der Waals surface area contributed by atoms with Gasteiger partial charge in [-0.1, -0.05) is 60.9 Å². The third-order valence-corrected chi connectivity index (χ3v) is 5.72. The molecule has 0 spiro atoms. The second kappa shape index (κ2) is 9.45. The number of benzene rings is 1. The number of aromatic nitrogens is 2. The van der Waals surface area contributed by atoms with Crippen molar-refractivity contribution in [1.82, 2.24) is 15.5 Å². The highest BCUT2D eigenvalue weighted by Crippen LogP contribution is 2.35. The molecule has 0 saturated heterocycles. The zero-order chi connectivity index (χ0) is 19.1. The number of nitrogens with zero attached hydrogens (tertiary/aromatic N) is 2. The molecule has 0 unspecified atom stereocenters. The van der Waals surface area contributed by atoms with E-state index in [0.717, 1.165) is 23.4 Å². The molecule has 0 bridgehead atoms. The van der Waals surface area contributed by atoms with Crippen molar-refractivity contribution < 1.29 is 14.3 Å². The van der Waals surface area contributed by atoms with Crippen molar-refractivity contribution in [3.8, 4) is 0 Å². The van der Waals surface area contributed by atoms with Crippen LogP contribution in [0.4, 0.5) is 9.93 Å².